The maximum absolute atomic E-state index is 12.7. The van der Waals surface area contributed by atoms with Gasteiger partial charge in [-0.1, -0.05) is 0 Å². The van der Waals surface area contributed by atoms with Crippen molar-refractivity contribution in [3.05, 3.63) is 39.8 Å². The van der Waals surface area contributed by atoms with Gasteiger partial charge in [0.2, 0.25) is 0 Å². The van der Waals surface area contributed by atoms with Gasteiger partial charge in [0, 0.05) is 28.6 Å². The Morgan fingerprint density at radius 2 is 2.17 bits per heavy atom. The van der Waals surface area contributed by atoms with Gasteiger partial charge in [0.15, 0.2) is 17.0 Å². The Bertz CT molecular complexity index is 1100. The molecular weight excluding hydrogens is 408 g/mol. The Balaban J connectivity index is 1.47. The highest BCUT2D eigenvalue weighted by molar-refractivity contribution is 8.00. The van der Waals surface area contributed by atoms with Crippen molar-refractivity contribution in [2.75, 3.05) is 5.75 Å². The Morgan fingerprint density at radius 3 is 2.90 bits per heavy atom. The Labute approximate surface area is 176 Å². The van der Waals surface area contributed by atoms with Crippen LogP contribution in [0.5, 0.6) is 0 Å². The maximum atomic E-state index is 12.7. The van der Waals surface area contributed by atoms with Crippen molar-refractivity contribution in [1.29, 1.82) is 0 Å². The quantitative estimate of drug-likeness (QED) is 0.442. The molecule has 0 aliphatic heterocycles. The van der Waals surface area contributed by atoms with Crippen molar-refractivity contribution in [3.8, 4) is 0 Å². The Kier molecular flexibility index (Phi) is 5.22. The number of aliphatic hydroxyl groups is 1. The molecule has 29 heavy (non-hydrogen) atoms. The van der Waals surface area contributed by atoms with Gasteiger partial charge < -0.3 is 10.4 Å². The molecule has 0 spiro atoms. The first kappa shape index (κ1) is 20.1. The lowest BCUT2D eigenvalue weighted by Crippen LogP contribution is -2.42. The van der Waals surface area contributed by atoms with Gasteiger partial charge in [-0.25, -0.2) is 4.98 Å². The predicted octanol–water partition coefficient (Wildman–Crippen LogP) is 2.80. The number of aryl methyl sites for hydroxylation is 2. The zero-order valence-corrected chi connectivity index (χ0v) is 18.1. The van der Waals surface area contributed by atoms with Gasteiger partial charge in [-0.2, -0.15) is 5.10 Å². The Hall–Kier alpha value is -2.23. The monoisotopic (exact) mass is 430 g/mol. The van der Waals surface area contributed by atoms with E-state index in [-0.39, 0.29) is 17.6 Å². The number of aromatic nitrogens is 3. The van der Waals surface area contributed by atoms with E-state index in [2.05, 4.69) is 15.4 Å². The summed E-state index contributed by atoms with van der Waals surface area (Å²) in [6, 6.07) is 5.46. The average Bonchev–Trinajstić information content (AvgIpc) is 3.20. The molecule has 3 heterocycles. The van der Waals surface area contributed by atoms with Gasteiger partial charge in [-0.15, -0.1) is 23.1 Å². The van der Waals surface area contributed by atoms with E-state index in [1.807, 2.05) is 20.0 Å². The predicted molar refractivity (Wildman–Crippen MR) is 113 cm³/mol. The van der Waals surface area contributed by atoms with Crippen LogP contribution in [0.4, 0.5) is 0 Å². The second-order valence-corrected chi connectivity index (χ2v) is 9.56. The molecular formula is C20H22N4O3S2. The maximum Gasteiger partial charge on any atom is 0.257 e. The lowest BCUT2D eigenvalue weighted by molar-refractivity contribution is -0.138. The van der Waals surface area contributed by atoms with Crippen molar-refractivity contribution < 1.29 is 14.7 Å². The molecule has 1 saturated carbocycles. The van der Waals surface area contributed by atoms with E-state index >= 15 is 0 Å². The molecule has 1 aliphatic rings. The number of carbonyl (C=O) groups excluding carboxylic acids is 2. The van der Waals surface area contributed by atoms with Crippen molar-refractivity contribution in [2.24, 2.45) is 7.05 Å². The number of amides is 1. The van der Waals surface area contributed by atoms with Gasteiger partial charge in [0.05, 0.1) is 22.2 Å². The molecule has 3 aromatic heterocycles. The second kappa shape index (κ2) is 7.55. The molecule has 9 heteroatoms. The lowest BCUT2D eigenvalue weighted by atomic mass is 10.0. The summed E-state index contributed by atoms with van der Waals surface area (Å²) in [5.41, 5.74) is 0.0199. The molecule has 0 saturated heterocycles. The molecule has 0 bridgehead atoms. The summed E-state index contributed by atoms with van der Waals surface area (Å²) in [6.07, 6.45) is 3.66. The molecule has 2 N–H and O–H groups in total. The molecule has 1 aliphatic carbocycles. The number of fused-ring (bicyclic) bond motifs is 1. The fraction of sp³-hybridized carbons (Fsp3) is 0.400. The Morgan fingerprint density at radius 1 is 1.41 bits per heavy atom. The normalized spacial score (nSPS) is 16.0. The summed E-state index contributed by atoms with van der Waals surface area (Å²) in [4.78, 5) is 31.5. The van der Waals surface area contributed by atoms with Crippen molar-refractivity contribution >= 4 is 45.8 Å². The highest BCUT2D eigenvalue weighted by atomic mass is 32.2. The minimum Gasteiger partial charge on any atom is -0.375 e. The molecule has 0 radical (unpaired) electrons. The van der Waals surface area contributed by atoms with Gasteiger partial charge >= 0.3 is 0 Å². The summed E-state index contributed by atoms with van der Waals surface area (Å²) < 4.78 is 1.72. The van der Waals surface area contributed by atoms with Crippen LogP contribution >= 0.6 is 23.1 Å². The SMILES string of the molecule is Cc1cc(SCC(=O)c2ccc([C@@](C)(O)C(=O)NC3CC3)s2)c2cnn(C)c2n1. The average molecular weight is 431 g/mol. The smallest absolute Gasteiger partial charge is 0.257 e. The van der Waals surface area contributed by atoms with Gasteiger partial charge in [0.25, 0.3) is 5.91 Å². The van der Waals surface area contributed by atoms with Crippen LogP contribution in [0.1, 0.15) is 40.0 Å². The lowest BCUT2D eigenvalue weighted by Gasteiger charge is -2.20. The number of carbonyl (C=O) groups is 2. The summed E-state index contributed by atoms with van der Waals surface area (Å²) in [5.74, 6) is -0.207. The minimum atomic E-state index is -1.64. The molecule has 4 rings (SSSR count). The van der Waals surface area contributed by atoms with Crippen LogP contribution in [0.25, 0.3) is 11.0 Å². The van der Waals surface area contributed by atoms with E-state index in [0.717, 1.165) is 34.5 Å². The summed E-state index contributed by atoms with van der Waals surface area (Å²) in [5, 5.41) is 18.6. The molecule has 1 fully saturated rings. The number of rotatable bonds is 7. The number of hydrogen-bond donors (Lipinski definition) is 2. The zero-order valence-electron chi connectivity index (χ0n) is 16.4. The molecule has 3 aromatic rings. The molecule has 7 nitrogen and oxygen atoms in total. The van der Waals surface area contributed by atoms with Crippen molar-refractivity contribution in [3.63, 3.8) is 0 Å². The standard InChI is InChI=1S/C20H22N4O3S2/c1-11-8-16(13-9-21-24(3)18(13)22-11)28-10-14(25)15-6-7-17(29-15)20(2,27)19(26)23-12-4-5-12/h6-9,12,27H,4-5,10H2,1-3H3,(H,23,26)/t20-/m1/s1. The van der Waals surface area contributed by atoms with Gasteiger partial charge in [-0.05, 0) is 44.9 Å². The van der Waals surface area contributed by atoms with E-state index in [1.165, 1.54) is 30.0 Å². The van der Waals surface area contributed by atoms with E-state index in [4.69, 9.17) is 0 Å². The number of hydrogen-bond acceptors (Lipinski definition) is 7. The minimum absolute atomic E-state index is 0.0452. The van der Waals surface area contributed by atoms with E-state index in [0.29, 0.717) is 9.75 Å². The highest BCUT2D eigenvalue weighted by Crippen LogP contribution is 2.32. The van der Waals surface area contributed by atoms with E-state index in [9.17, 15) is 14.7 Å². The van der Waals surface area contributed by atoms with Crippen LogP contribution in [0.15, 0.2) is 29.3 Å². The molecule has 1 atom stereocenters. The van der Waals surface area contributed by atoms with Crippen molar-refractivity contribution in [2.45, 2.75) is 43.2 Å². The van der Waals surface area contributed by atoms with Gasteiger partial charge in [-0.3, -0.25) is 14.3 Å². The number of nitrogens with one attached hydrogen (secondary N) is 1. The summed E-state index contributed by atoms with van der Waals surface area (Å²) >= 11 is 2.61. The molecule has 0 unspecified atom stereocenters. The van der Waals surface area contributed by atoms with E-state index in [1.54, 1.807) is 23.0 Å². The second-order valence-electron chi connectivity index (χ2n) is 7.46. The van der Waals surface area contributed by atoms with Gasteiger partial charge in [0.1, 0.15) is 0 Å². The first-order chi connectivity index (χ1) is 13.8. The number of Topliss-reactive ketones (excluding diaryl/α,β-unsaturated/α-hetero) is 1. The first-order valence-corrected chi connectivity index (χ1v) is 11.1. The van der Waals surface area contributed by atoms with Crippen LogP contribution in [0, 0.1) is 6.92 Å². The number of ketones is 1. The van der Waals surface area contributed by atoms with Crippen LogP contribution in [-0.4, -0.2) is 43.4 Å². The number of thiophene rings is 1. The third-order valence-electron chi connectivity index (χ3n) is 4.87. The first-order valence-electron chi connectivity index (χ1n) is 9.34. The fourth-order valence-corrected chi connectivity index (χ4v) is 5.03. The zero-order chi connectivity index (χ0) is 20.8. The molecule has 1 amide bonds. The van der Waals surface area contributed by atoms with Crippen LogP contribution < -0.4 is 5.32 Å². The number of pyridine rings is 1. The highest BCUT2D eigenvalue weighted by Gasteiger charge is 2.37. The van der Waals surface area contributed by atoms with E-state index < -0.39 is 11.5 Å². The molecule has 0 aromatic carbocycles. The third-order valence-corrected chi connectivity index (χ3v) is 7.26. The summed E-state index contributed by atoms with van der Waals surface area (Å²) in [6.45, 7) is 3.39. The van der Waals surface area contributed by atoms with Crippen LogP contribution in [0.3, 0.4) is 0 Å². The molecule has 152 valence electrons. The largest absolute Gasteiger partial charge is 0.375 e. The number of nitrogens with zero attached hydrogens (tertiary/aromatic N) is 3. The summed E-state index contributed by atoms with van der Waals surface area (Å²) in [7, 11) is 1.84. The van der Waals surface area contributed by atoms with Crippen LogP contribution in [0.2, 0.25) is 0 Å². The number of thioether (sulfide) groups is 1. The van der Waals surface area contributed by atoms with Crippen LogP contribution in [-0.2, 0) is 17.4 Å². The van der Waals surface area contributed by atoms with Crippen molar-refractivity contribution in [1.82, 2.24) is 20.1 Å². The third kappa shape index (κ3) is 4.08. The fourth-order valence-electron chi connectivity index (χ4n) is 2.95. The topological polar surface area (TPSA) is 97.1 Å².